The van der Waals surface area contributed by atoms with Gasteiger partial charge in [0.25, 0.3) is 0 Å². The highest BCUT2D eigenvalue weighted by Gasteiger charge is 2.25. The number of hydrogen-bond acceptors (Lipinski definition) is 4. The van der Waals surface area contributed by atoms with Gasteiger partial charge in [-0.2, -0.15) is 0 Å². The number of unbranched alkanes of at least 4 members (excludes halogenated alkanes) is 1. The van der Waals surface area contributed by atoms with E-state index in [0.29, 0.717) is 18.8 Å². The molecule has 6 heteroatoms. The molecule has 2 aromatic rings. The maximum Gasteiger partial charge on any atom is 0.242 e. The number of rotatable bonds is 12. The lowest BCUT2D eigenvalue weighted by molar-refractivity contribution is -0.138. The first-order valence-electron chi connectivity index (χ1n) is 10.4. The molecule has 0 spiro atoms. The number of hydrogen-bond donors (Lipinski definition) is 1. The Morgan fingerprint density at radius 1 is 1.07 bits per heavy atom. The molecule has 0 bridgehead atoms. The topological polar surface area (TPSA) is 58.6 Å². The summed E-state index contributed by atoms with van der Waals surface area (Å²) in [5, 5.41) is 2.95. The second-order valence-electron chi connectivity index (χ2n) is 7.17. The molecule has 162 valence electrons. The van der Waals surface area contributed by atoms with E-state index in [9.17, 15) is 9.59 Å². The van der Waals surface area contributed by atoms with E-state index >= 15 is 0 Å². The van der Waals surface area contributed by atoms with Crippen molar-refractivity contribution in [1.29, 1.82) is 0 Å². The fourth-order valence-electron chi connectivity index (χ4n) is 2.96. The Bertz CT molecular complexity index is 781. The number of benzene rings is 2. The summed E-state index contributed by atoms with van der Waals surface area (Å²) in [5.41, 5.74) is 2.15. The smallest absolute Gasteiger partial charge is 0.242 e. The van der Waals surface area contributed by atoms with Gasteiger partial charge in [-0.1, -0.05) is 55.8 Å². The summed E-state index contributed by atoms with van der Waals surface area (Å²) in [6.07, 6.45) is 1.95. The highest BCUT2D eigenvalue weighted by atomic mass is 32.2. The van der Waals surface area contributed by atoms with Crippen molar-refractivity contribution in [2.45, 2.75) is 45.0 Å². The standard InChI is InChI=1S/C24H32N2O3S/c1-4-5-15-25-24(28)19(2)26(16-20-9-7-6-8-10-20)23(27)18-30-17-21-11-13-22(29-3)14-12-21/h6-14,19H,4-5,15-18H2,1-3H3,(H,25,28)/t19-/m1/s1. The Morgan fingerprint density at radius 2 is 1.77 bits per heavy atom. The van der Waals surface area contributed by atoms with Crippen LogP contribution in [0.1, 0.15) is 37.8 Å². The highest BCUT2D eigenvalue weighted by Crippen LogP contribution is 2.18. The van der Waals surface area contributed by atoms with Gasteiger partial charge in [-0.25, -0.2) is 0 Å². The lowest BCUT2D eigenvalue weighted by Gasteiger charge is -2.28. The maximum absolute atomic E-state index is 13.0. The Hall–Kier alpha value is -2.47. The van der Waals surface area contributed by atoms with Crippen LogP contribution in [0.3, 0.4) is 0 Å². The van der Waals surface area contributed by atoms with Gasteiger partial charge in [0.1, 0.15) is 11.8 Å². The molecular weight excluding hydrogens is 396 g/mol. The number of carbonyl (C=O) groups excluding carboxylic acids is 2. The molecule has 5 nitrogen and oxygen atoms in total. The predicted molar refractivity (Wildman–Crippen MR) is 124 cm³/mol. The molecular formula is C24H32N2O3S. The highest BCUT2D eigenvalue weighted by molar-refractivity contribution is 7.99. The van der Waals surface area contributed by atoms with Gasteiger partial charge in [0.05, 0.1) is 12.9 Å². The molecule has 0 aliphatic heterocycles. The lowest BCUT2D eigenvalue weighted by atomic mass is 10.1. The molecule has 30 heavy (non-hydrogen) atoms. The van der Waals surface area contributed by atoms with Crippen molar-refractivity contribution in [1.82, 2.24) is 10.2 Å². The van der Waals surface area contributed by atoms with Gasteiger partial charge in [0.2, 0.25) is 11.8 Å². The molecule has 0 radical (unpaired) electrons. The SMILES string of the molecule is CCCCNC(=O)[C@@H](C)N(Cc1ccccc1)C(=O)CSCc1ccc(OC)cc1. The number of nitrogens with one attached hydrogen (secondary N) is 1. The zero-order valence-corrected chi connectivity index (χ0v) is 18.9. The van der Waals surface area contributed by atoms with Crippen LogP contribution in [0, 0.1) is 0 Å². The molecule has 0 saturated heterocycles. The Balaban J connectivity index is 1.98. The van der Waals surface area contributed by atoms with Crippen LogP contribution in [0.4, 0.5) is 0 Å². The van der Waals surface area contributed by atoms with E-state index in [1.54, 1.807) is 30.7 Å². The summed E-state index contributed by atoms with van der Waals surface area (Å²) in [6, 6.07) is 17.1. The number of carbonyl (C=O) groups is 2. The number of amides is 2. The van der Waals surface area contributed by atoms with Gasteiger partial charge in [0, 0.05) is 18.8 Å². The molecule has 0 aliphatic rings. The number of methoxy groups -OCH3 is 1. The van der Waals surface area contributed by atoms with E-state index in [4.69, 9.17) is 4.74 Å². The van der Waals surface area contributed by atoms with Crippen molar-refractivity contribution in [3.8, 4) is 5.75 Å². The third-order valence-corrected chi connectivity index (χ3v) is 5.83. The fraction of sp³-hybridized carbons (Fsp3) is 0.417. The molecule has 0 unspecified atom stereocenters. The first-order valence-corrected chi connectivity index (χ1v) is 11.5. The van der Waals surface area contributed by atoms with Crippen LogP contribution in [0.2, 0.25) is 0 Å². The van der Waals surface area contributed by atoms with Crippen LogP contribution in [0.15, 0.2) is 54.6 Å². The summed E-state index contributed by atoms with van der Waals surface area (Å²) >= 11 is 1.55. The average molecular weight is 429 g/mol. The molecule has 0 fully saturated rings. The van der Waals surface area contributed by atoms with E-state index in [1.165, 1.54) is 0 Å². The van der Waals surface area contributed by atoms with Gasteiger partial charge in [-0.3, -0.25) is 9.59 Å². The normalized spacial score (nSPS) is 11.6. The van der Waals surface area contributed by atoms with E-state index < -0.39 is 6.04 Å². The minimum Gasteiger partial charge on any atom is -0.497 e. The first-order chi connectivity index (χ1) is 14.5. The van der Waals surface area contributed by atoms with Crippen molar-refractivity contribution < 1.29 is 14.3 Å². The molecule has 0 aliphatic carbocycles. The minimum absolute atomic E-state index is 0.0319. The van der Waals surface area contributed by atoms with Gasteiger partial charge in [0.15, 0.2) is 0 Å². The third-order valence-electron chi connectivity index (χ3n) is 4.85. The van der Waals surface area contributed by atoms with Crippen LogP contribution >= 0.6 is 11.8 Å². The summed E-state index contributed by atoms with van der Waals surface area (Å²) in [5.74, 6) is 1.73. The van der Waals surface area contributed by atoms with Gasteiger partial charge >= 0.3 is 0 Å². The van der Waals surface area contributed by atoms with Crippen LogP contribution < -0.4 is 10.1 Å². The van der Waals surface area contributed by atoms with E-state index in [-0.39, 0.29) is 11.8 Å². The van der Waals surface area contributed by atoms with E-state index in [0.717, 1.165) is 35.5 Å². The maximum atomic E-state index is 13.0. The zero-order chi connectivity index (χ0) is 21.8. The molecule has 2 amide bonds. The van der Waals surface area contributed by atoms with Crippen molar-refractivity contribution in [3.63, 3.8) is 0 Å². The van der Waals surface area contributed by atoms with Crippen LogP contribution in [0.25, 0.3) is 0 Å². The molecule has 1 atom stereocenters. The van der Waals surface area contributed by atoms with Crippen LogP contribution in [-0.4, -0.2) is 42.2 Å². The molecule has 2 aromatic carbocycles. The summed E-state index contributed by atoms with van der Waals surface area (Å²) in [7, 11) is 1.64. The molecule has 0 heterocycles. The largest absolute Gasteiger partial charge is 0.497 e. The molecule has 0 saturated carbocycles. The quantitative estimate of drug-likeness (QED) is 0.513. The van der Waals surface area contributed by atoms with Gasteiger partial charge in [-0.15, -0.1) is 11.8 Å². The monoisotopic (exact) mass is 428 g/mol. The summed E-state index contributed by atoms with van der Waals surface area (Å²) in [4.78, 5) is 27.3. The van der Waals surface area contributed by atoms with E-state index in [2.05, 4.69) is 12.2 Å². The lowest BCUT2D eigenvalue weighted by Crippen LogP contribution is -2.48. The minimum atomic E-state index is -0.517. The zero-order valence-electron chi connectivity index (χ0n) is 18.1. The van der Waals surface area contributed by atoms with Crippen molar-refractivity contribution >= 4 is 23.6 Å². The van der Waals surface area contributed by atoms with Crippen LogP contribution in [0.5, 0.6) is 5.75 Å². The average Bonchev–Trinajstić information content (AvgIpc) is 2.78. The Morgan fingerprint density at radius 3 is 2.40 bits per heavy atom. The molecule has 2 rings (SSSR count). The third kappa shape index (κ3) is 7.75. The predicted octanol–water partition coefficient (Wildman–Crippen LogP) is 4.26. The summed E-state index contributed by atoms with van der Waals surface area (Å²) in [6.45, 7) is 4.95. The second kappa shape index (κ2) is 13.0. The van der Waals surface area contributed by atoms with Crippen molar-refractivity contribution in [3.05, 3.63) is 65.7 Å². The number of thioether (sulfide) groups is 1. The van der Waals surface area contributed by atoms with Crippen molar-refractivity contribution in [2.24, 2.45) is 0 Å². The second-order valence-corrected chi connectivity index (χ2v) is 8.15. The fourth-order valence-corrected chi connectivity index (χ4v) is 3.83. The van der Waals surface area contributed by atoms with E-state index in [1.807, 2.05) is 54.6 Å². The first kappa shape index (κ1) is 23.8. The Kier molecular flexibility index (Phi) is 10.3. The Labute approximate surface area is 184 Å². The van der Waals surface area contributed by atoms with Crippen LogP contribution in [-0.2, 0) is 21.9 Å². The number of ether oxygens (including phenoxy) is 1. The summed E-state index contributed by atoms with van der Waals surface area (Å²) < 4.78 is 5.18. The van der Waals surface area contributed by atoms with Gasteiger partial charge < -0.3 is 15.0 Å². The molecule has 1 N–H and O–H groups in total. The van der Waals surface area contributed by atoms with Gasteiger partial charge in [-0.05, 0) is 36.6 Å². The number of nitrogens with zero attached hydrogens (tertiary/aromatic N) is 1. The van der Waals surface area contributed by atoms with Crippen molar-refractivity contribution in [2.75, 3.05) is 19.4 Å². The molecule has 0 aromatic heterocycles.